The van der Waals surface area contributed by atoms with Crippen LogP contribution < -0.4 is 4.74 Å². The lowest BCUT2D eigenvalue weighted by Crippen LogP contribution is -1.97. The molecule has 9 heteroatoms. The molecule has 0 aliphatic heterocycles. The maximum Gasteiger partial charge on any atom is 0.120 e. The first kappa shape index (κ1) is 26.5. The summed E-state index contributed by atoms with van der Waals surface area (Å²) >= 11 is 13.2. The second-order valence-corrected chi connectivity index (χ2v) is 10.5. The molecule has 0 unspecified atom stereocenters. The molecule has 0 bridgehead atoms. The fraction of sp³-hybridized carbons (Fsp3) is 0.364. The van der Waals surface area contributed by atoms with Gasteiger partial charge in [0.15, 0.2) is 0 Å². The van der Waals surface area contributed by atoms with Crippen LogP contribution in [0.1, 0.15) is 25.7 Å². The highest BCUT2D eigenvalue weighted by Gasteiger charge is 1.99. The quantitative estimate of drug-likeness (QED) is 0.153. The normalized spacial score (nSPS) is 10.3. The lowest BCUT2D eigenvalue weighted by Gasteiger charge is -2.04. The Morgan fingerprint density at radius 3 is 1.90 bits per heavy atom. The van der Waals surface area contributed by atoms with Gasteiger partial charge in [0.1, 0.15) is 11.5 Å². The van der Waals surface area contributed by atoms with E-state index in [4.69, 9.17) is 9.84 Å². The fourth-order valence-electron chi connectivity index (χ4n) is 2.34. The number of phenolic OH excluding ortho intramolecular Hbond substituents is 1. The van der Waals surface area contributed by atoms with Crippen LogP contribution in [0.15, 0.2) is 47.4 Å². The van der Waals surface area contributed by atoms with Crippen LogP contribution in [0.2, 0.25) is 0 Å². The van der Waals surface area contributed by atoms with Crippen molar-refractivity contribution >= 4 is 90.9 Å². The number of nitrogens with zero attached hydrogens (tertiary/aromatic N) is 2. The Bertz CT molecular complexity index is 1010. The van der Waals surface area contributed by atoms with Gasteiger partial charge in [-0.2, -0.15) is 0 Å². The smallest absolute Gasteiger partial charge is 0.120 e. The first-order valence-corrected chi connectivity index (χ1v) is 15.0. The second-order valence-electron chi connectivity index (χ2n) is 6.32. The summed E-state index contributed by atoms with van der Waals surface area (Å²) in [7, 11) is 0. The van der Waals surface area contributed by atoms with E-state index >= 15 is 0 Å². The van der Waals surface area contributed by atoms with Crippen molar-refractivity contribution in [2.45, 2.75) is 25.7 Å². The van der Waals surface area contributed by atoms with Gasteiger partial charge in [-0.05, 0) is 62.1 Å². The molecule has 0 saturated carbocycles. The van der Waals surface area contributed by atoms with Crippen LogP contribution in [-0.2, 0) is 0 Å². The van der Waals surface area contributed by atoms with Gasteiger partial charge in [0.05, 0.1) is 38.1 Å². The third-order valence-corrected chi connectivity index (χ3v) is 7.20. The molecule has 2 aromatic carbocycles. The van der Waals surface area contributed by atoms with E-state index in [2.05, 4.69) is 63.8 Å². The average molecular weight is 653 g/mol. The van der Waals surface area contributed by atoms with Crippen molar-refractivity contribution in [3.05, 3.63) is 47.4 Å². The molecule has 168 valence electrons. The Labute approximate surface area is 216 Å². The van der Waals surface area contributed by atoms with Crippen molar-refractivity contribution < 1.29 is 9.84 Å². The molecule has 0 amide bonds. The molecule has 1 N–H and O–H groups in total. The summed E-state index contributed by atoms with van der Waals surface area (Å²) in [6.45, 7) is 0.788. The minimum absolute atomic E-state index is 0.303. The van der Waals surface area contributed by atoms with E-state index in [1.54, 1.807) is 35.0 Å². The zero-order valence-corrected chi connectivity index (χ0v) is 23.4. The number of hydrogen-bond acceptors (Lipinski definition) is 6. The summed E-state index contributed by atoms with van der Waals surface area (Å²) in [4.78, 5) is 8.29. The summed E-state index contributed by atoms with van der Waals surface area (Å²) in [6.07, 6.45) is 4.81. The van der Waals surface area contributed by atoms with E-state index < -0.39 is 0 Å². The number of thiazole rings is 2. The van der Waals surface area contributed by atoms with Gasteiger partial charge in [-0.15, -0.1) is 22.7 Å². The fourth-order valence-corrected chi connectivity index (χ4v) is 4.95. The molecule has 0 fully saturated rings. The Balaban J connectivity index is 0.000000184. The molecule has 2 heterocycles. The van der Waals surface area contributed by atoms with Crippen molar-refractivity contribution in [1.82, 2.24) is 9.97 Å². The summed E-state index contributed by atoms with van der Waals surface area (Å²) < 4.78 is 7.86. The van der Waals surface area contributed by atoms with Crippen molar-refractivity contribution in [3.63, 3.8) is 0 Å². The van der Waals surface area contributed by atoms with Crippen LogP contribution in [0, 0.1) is 0 Å². The average Bonchev–Trinajstić information content (AvgIpc) is 3.44. The second kappa shape index (κ2) is 16.0. The van der Waals surface area contributed by atoms with Crippen LogP contribution in [0.3, 0.4) is 0 Å². The first-order valence-electron chi connectivity index (χ1n) is 9.84. The largest absolute Gasteiger partial charge is 0.508 e. The number of ether oxygens (including phenoxy) is 1. The van der Waals surface area contributed by atoms with Crippen LogP contribution in [-0.4, -0.2) is 37.7 Å². The maximum atomic E-state index is 9.03. The van der Waals surface area contributed by atoms with Gasteiger partial charge >= 0.3 is 0 Å². The Morgan fingerprint density at radius 2 is 1.29 bits per heavy atom. The maximum absolute atomic E-state index is 9.03. The number of aromatic hydroxyl groups is 1. The van der Waals surface area contributed by atoms with Gasteiger partial charge in [-0.25, -0.2) is 9.97 Å². The number of halogens is 3. The van der Waals surface area contributed by atoms with Crippen LogP contribution in [0.25, 0.3) is 20.4 Å². The standard InChI is InChI=1S/C11H12BrNOS.C7H5NOS.C4H8Br2/c12-5-1-2-6-14-9-3-4-10-11(7-9)15-8-13-10;9-5-1-2-6-7(3-5)10-4-8-6;5-3-1-2-4-6/h3-4,7-8H,1-2,5-6H2;1-4,9H;1-4H2. The number of unbranched alkanes of at least 4 members (excludes halogenated alkanes) is 2. The molecule has 4 rings (SSSR count). The molecule has 4 nitrogen and oxygen atoms in total. The Hall–Kier alpha value is -0.740. The summed E-state index contributed by atoms with van der Waals surface area (Å²) in [5, 5.41) is 12.3. The third kappa shape index (κ3) is 10.2. The predicted molar refractivity (Wildman–Crippen MR) is 146 cm³/mol. The van der Waals surface area contributed by atoms with Crippen LogP contribution in [0.4, 0.5) is 0 Å². The van der Waals surface area contributed by atoms with E-state index in [0.717, 1.165) is 56.9 Å². The van der Waals surface area contributed by atoms with E-state index in [1.807, 2.05) is 17.6 Å². The molecule has 31 heavy (non-hydrogen) atoms. The number of fused-ring (bicyclic) bond motifs is 2. The van der Waals surface area contributed by atoms with Crippen molar-refractivity contribution in [1.29, 1.82) is 0 Å². The highest BCUT2D eigenvalue weighted by Crippen LogP contribution is 2.23. The van der Waals surface area contributed by atoms with E-state index in [1.165, 1.54) is 28.9 Å². The molecule has 0 radical (unpaired) electrons. The van der Waals surface area contributed by atoms with Gasteiger partial charge in [0.2, 0.25) is 0 Å². The summed E-state index contributed by atoms with van der Waals surface area (Å²) in [5.41, 5.74) is 5.62. The molecule has 0 spiro atoms. The zero-order valence-electron chi connectivity index (χ0n) is 17.0. The Morgan fingerprint density at radius 1 is 0.742 bits per heavy atom. The van der Waals surface area contributed by atoms with Gasteiger partial charge in [-0.3, -0.25) is 0 Å². The highest BCUT2D eigenvalue weighted by molar-refractivity contribution is 9.09. The zero-order chi connectivity index (χ0) is 22.3. The molecule has 0 aliphatic carbocycles. The predicted octanol–water partition coefficient (Wildman–Crippen LogP) is 8.41. The number of rotatable bonds is 8. The minimum atomic E-state index is 0.303. The third-order valence-electron chi connectivity index (χ3n) is 3.93. The van der Waals surface area contributed by atoms with Gasteiger partial charge in [0.25, 0.3) is 0 Å². The molecular weight excluding hydrogens is 628 g/mol. The number of phenols is 1. The molecule has 0 saturated heterocycles. The number of alkyl halides is 3. The van der Waals surface area contributed by atoms with Gasteiger partial charge in [-0.1, -0.05) is 47.8 Å². The monoisotopic (exact) mass is 650 g/mol. The molecule has 4 aromatic rings. The SMILES string of the molecule is BrCCCCBr.BrCCCCOc1ccc2ncsc2c1.Oc1ccc2ncsc2c1. The first-order chi connectivity index (χ1) is 15.2. The van der Waals surface area contributed by atoms with Crippen LogP contribution in [0.5, 0.6) is 11.5 Å². The lowest BCUT2D eigenvalue weighted by molar-refractivity contribution is 0.310. The highest BCUT2D eigenvalue weighted by atomic mass is 79.9. The van der Waals surface area contributed by atoms with Gasteiger partial charge in [0, 0.05) is 16.0 Å². The van der Waals surface area contributed by atoms with E-state index in [9.17, 15) is 0 Å². The van der Waals surface area contributed by atoms with Gasteiger partial charge < -0.3 is 9.84 Å². The molecule has 0 atom stereocenters. The van der Waals surface area contributed by atoms with Crippen molar-refractivity contribution in [2.24, 2.45) is 0 Å². The number of aromatic nitrogens is 2. The molecular formula is C22H25Br3N2O2S2. The minimum Gasteiger partial charge on any atom is -0.508 e. The number of benzene rings is 2. The summed E-state index contributed by atoms with van der Waals surface area (Å²) in [6, 6.07) is 11.2. The summed E-state index contributed by atoms with van der Waals surface area (Å²) in [5.74, 6) is 1.25. The van der Waals surface area contributed by atoms with E-state index in [0.29, 0.717) is 5.75 Å². The van der Waals surface area contributed by atoms with E-state index in [-0.39, 0.29) is 0 Å². The lowest BCUT2D eigenvalue weighted by atomic mass is 10.3. The number of hydrogen-bond donors (Lipinski definition) is 1. The topological polar surface area (TPSA) is 55.2 Å². The Kier molecular flexibility index (Phi) is 13.7. The van der Waals surface area contributed by atoms with Crippen LogP contribution >= 0.6 is 70.5 Å². The molecule has 2 aromatic heterocycles. The molecule has 0 aliphatic rings. The van der Waals surface area contributed by atoms with Crippen molar-refractivity contribution in [2.75, 3.05) is 22.6 Å². The van der Waals surface area contributed by atoms with Crippen molar-refractivity contribution in [3.8, 4) is 11.5 Å².